The van der Waals surface area contributed by atoms with Gasteiger partial charge < -0.3 is 23.8 Å². The smallest absolute Gasteiger partial charge is 0.362 e. The van der Waals surface area contributed by atoms with Crippen LogP contribution in [0.25, 0.3) is 0 Å². The van der Waals surface area contributed by atoms with Gasteiger partial charge in [-0.3, -0.25) is 9.59 Å². The summed E-state index contributed by atoms with van der Waals surface area (Å²) in [4.78, 5) is 37.1. The van der Waals surface area contributed by atoms with E-state index in [9.17, 15) is 19.5 Å². The van der Waals surface area contributed by atoms with Crippen molar-refractivity contribution in [2.75, 3.05) is 41.0 Å². The highest BCUT2D eigenvalue weighted by Gasteiger charge is 2.31. The normalized spacial score (nSPS) is 13.3. The Hall–Kier alpha value is -2.71. The third-order valence-corrected chi connectivity index (χ3v) is 11.2. The second-order valence-corrected chi connectivity index (χ2v) is 18.1. The van der Waals surface area contributed by atoms with E-state index in [1.165, 1.54) is 122 Å². The van der Waals surface area contributed by atoms with Crippen LogP contribution in [-0.2, 0) is 28.6 Å². The van der Waals surface area contributed by atoms with Crippen molar-refractivity contribution in [1.29, 1.82) is 0 Å². The van der Waals surface area contributed by atoms with Crippen molar-refractivity contribution in [1.82, 2.24) is 0 Å². The Morgan fingerprint density at radius 2 is 0.967 bits per heavy atom. The van der Waals surface area contributed by atoms with Crippen molar-refractivity contribution < 1.29 is 38.2 Å². The van der Waals surface area contributed by atoms with Crippen molar-refractivity contribution in [3.63, 3.8) is 0 Å². The summed E-state index contributed by atoms with van der Waals surface area (Å²) in [6, 6.07) is -0.620. The molecule has 0 saturated carbocycles. The molecular weight excluding hydrogens is 763 g/mol. The van der Waals surface area contributed by atoms with Gasteiger partial charge in [-0.15, -0.1) is 0 Å². The van der Waals surface area contributed by atoms with E-state index in [2.05, 4.69) is 62.5 Å². The fourth-order valence-corrected chi connectivity index (χ4v) is 7.36. The lowest BCUT2D eigenvalue weighted by Gasteiger charge is -2.31. The van der Waals surface area contributed by atoms with E-state index in [1.807, 2.05) is 21.1 Å². The number of carboxylic acid groups (broad SMARTS) is 1. The Labute approximate surface area is 376 Å². The largest absolute Gasteiger partial charge is 0.477 e. The maximum atomic E-state index is 12.8. The summed E-state index contributed by atoms with van der Waals surface area (Å²) in [6.45, 7) is 4.62. The molecule has 0 aromatic carbocycles. The topological polar surface area (TPSA) is 99.1 Å². The van der Waals surface area contributed by atoms with Gasteiger partial charge in [-0.05, 0) is 64.2 Å². The molecule has 1 N–H and O–H groups in total. The number of quaternary nitrogens is 1. The van der Waals surface area contributed by atoms with E-state index in [4.69, 9.17) is 14.2 Å². The maximum absolute atomic E-state index is 12.8. The Morgan fingerprint density at radius 3 is 1.46 bits per heavy atom. The lowest BCUT2D eigenvalue weighted by Crippen LogP contribution is -2.50. The molecule has 0 bridgehead atoms. The SMILES string of the molecule is CC/C=C/C/C=C/CCCCCCCCCCCCCCCCC(=O)OCC(COCCC(C(=O)O)[N+](C)(C)C)OC(=O)CCCCC/C=C/C=C/CCCCCCCCC. The summed E-state index contributed by atoms with van der Waals surface area (Å²) >= 11 is 0. The number of aliphatic carboxylic acids is 1. The quantitative estimate of drug-likeness (QED) is 0.0214. The molecule has 0 aromatic rings. The van der Waals surface area contributed by atoms with Crippen LogP contribution in [0.15, 0.2) is 48.6 Å². The molecule has 0 radical (unpaired) electrons. The van der Waals surface area contributed by atoms with Crippen LogP contribution < -0.4 is 0 Å². The van der Waals surface area contributed by atoms with Crippen LogP contribution >= 0.6 is 0 Å². The second-order valence-electron chi connectivity index (χ2n) is 18.1. The van der Waals surface area contributed by atoms with Crippen molar-refractivity contribution >= 4 is 17.9 Å². The number of hydrogen-bond donors (Lipinski definition) is 1. The third-order valence-electron chi connectivity index (χ3n) is 11.2. The first-order valence-electron chi connectivity index (χ1n) is 25.2. The minimum atomic E-state index is -0.878. The predicted molar refractivity (Wildman–Crippen MR) is 257 cm³/mol. The van der Waals surface area contributed by atoms with Crippen LogP contribution in [0.5, 0.6) is 0 Å². The van der Waals surface area contributed by atoms with Gasteiger partial charge in [-0.1, -0.05) is 184 Å². The fourth-order valence-electron chi connectivity index (χ4n) is 7.36. The number of hydrogen-bond acceptors (Lipinski definition) is 6. The van der Waals surface area contributed by atoms with Crippen LogP contribution in [0.1, 0.15) is 219 Å². The summed E-state index contributed by atoms with van der Waals surface area (Å²) in [6.07, 6.45) is 53.1. The number of carbonyl (C=O) groups excluding carboxylic acids is 2. The molecule has 2 atom stereocenters. The molecule has 0 rings (SSSR count). The van der Waals surface area contributed by atoms with E-state index < -0.39 is 18.1 Å². The Morgan fingerprint density at radius 1 is 0.525 bits per heavy atom. The first-order valence-corrected chi connectivity index (χ1v) is 25.2. The second kappa shape index (κ2) is 43.9. The third kappa shape index (κ3) is 42.4. The molecule has 0 aliphatic rings. The zero-order chi connectivity index (χ0) is 44.9. The molecule has 2 unspecified atom stereocenters. The van der Waals surface area contributed by atoms with E-state index in [0.29, 0.717) is 19.3 Å². The molecule has 0 aliphatic carbocycles. The van der Waals surface area contributed by atoms with Gasteiger partial charge in [0.1, 0.15) is 6.61 Å². The Kier molecular flexibility index (Phi) is 42.0. The molecule has 8 nitrogen and oxygen atoms in total. The Bertz CT molecular complexity index is 1140. The lowest BCUT2D eigenvalue weighted by atomic mass is 10.0. The molecule has 0 spiro atoms. The van der Waals surface area contributed by atoms with Gasteiger partial charge in [0.15, 0.2) is 12.1 Å². The van der Waals surface area contributed by atoms with Crippen molar-refractivity contribution in [3.05, 3.63) is 48.6 Å². The summed E-state index contributed by atoms with van der Waals surface area (Å²) in [5.41, 5.74) is 0. The number of rotatable bonds is 45. The zero-order valence-corrected chi connectivity index (χ0v) is 40.4. The minimum absolute atomic E-state index is 0.0512. The predicted octanol–water partition coefficient (Wildman–Crippen LogP) is 14.4. The summed E-state index contributed by atoms with van der Waals surface area (Å²) < 4.78 is 17.3. The number of nitrogens with zero attached hydrogens (tertiary/aromatic N) is 1. The van der Waals surface area contributed by atoms with Gasteiger partial charge in [0.2, 0.25) is 0 Å². The van der Waals surface area contributed by atoms with E-state index >= 15 is 0 Å². The first kappa shape index (κ1) is 58.3. The minimum Gasteiger partial charge on any atom is -0.477 e. The van der Waals surface area contributed by atoms with Crippen LogP contribution in [0.4, 0.5) is 0 Å². The standard InChI is InChI=1S/C53H95NO7/c1-6-8-10-12-14-16-18-20-22-24-25-26-27-28-30-31-33-35-37-39-41-43-51(55)60-48-49(47-59-46-45-50(53(57)58)54(3,4)5)61-52(56)44-42-40-38-36-34-32-29-23-21-19-17-15-13-11-9-7-2/h8,10,14,16,23,29,32,34,49-50H,6-7,9,11-13,15,17-22,24-28,30-31,33,35-48H2,1-5H3/p+1/b10-8+,16-14+,29-23+,34-32+. The van der Waals surface area contributed by atoms with Gasteiger partial charge >= 0.3 is 17.9 Å². The average molecular weight is 859 g/mol. The van der Waals surface area contributed by atoms with Gasteiger partial charge in [-0.25, -0.2) is 4.79 Å². The number of carboxylic acids is 1. The zero-order valence-electron chi connectivity index (χ0n) is 40.4. The lowest BCUT2D eigenvalue weighted by molar-refractivity contribution is -0.887. The van der Waals surface area contributed by atoms with Crippen LogP contribution in [0.2, 0.25) is 0 Å². The van der Waals surface area contributed by atoms with Crippen molar-refractivity contribution in [2.24, 2.45) is 0 Å². The van der Waals surface area contributed by atoms with Crippen LogP contribution in [-0.4, -0.2) is 80.6 Å². The average Bonchev–Trinajstić information content (AvgIpc) is 3.22. The highest BCUT2D eigenvalue weighted by atomic mass is 16.6. The van der Waals surface area contributed by atoms with Gasteiger partial charge in [0.05, 0.1) is 34.4 Å². The van der Waals surface area contributed by atoms with Crippen molar-refractivity contribution in [3.8, 4) is 0 Å². The summed E-state index contributed by atoms with van der Waals surface area (Å²) in [5, 5.41) is 9.64. The molecular formula is C53H96NO7+. The summed E-state index contributed by atoms with van der Waals surface area (Å²) in [5.74, 6) is -1.49. The maximum Gasteiger partial charge on any atom is 0.362 e. The van der Waals surface area contributed by atoms with Crippen LogP contribution in [0.3, 0.4) is 0 Å². The van der Waals surface area contributed by atoms with E-state index in [0.717, 1.165) is 64.2 Å². The highest BCUT2D eigenvalue weighted by molar-refractivity contribution is 5.72. The Balaban J connectivity index is 4.25. The van der Waals surface area contributed by atoms with Gasteiger partial charge in [0.25, 0.3) is 0 Å². The molecule has 61 heavy (non-hydrogen) atoms. The molecule has 0 saturated heterocycles. The molecule has 0 fully saturated rings. The molecule has 354 valence electrons. The van der Waals surface area contributed by atoms with Crippen molar-refractivity contribution in [2.45, 2.75) is 231 Å². The molecule has 0 aromatic heterocycles. The van der Waals surface area contributed by atoms with Crippen LogP contribution in [0, 0.1) is 0 Å². The highest BCUT2D eigenvalue weighted by Crippen LogP contribution is 2.15. The number of carbonyl (C=O) groups is 3. The van der Waals surface area contributed by atoms with E-state index in [-0.39, 0.29) is 36.2 Å². The molecule has 0 aliphatic heterocycles. The number of allylic oxidation sites excluding steroid dienone is 8. The fraction of sp³-hybridized carbons (Fsp3) is 0.792. The number of ether oxygens (including phenoxy) is 3. The van der Waals surface area contributed by atoms with Gasteiger partial charge in [-0.2, -0.15) is 0 Å². The van der Waals surface area contributed by atoms with Gasteiger partial charge in [0, 0.05) is 19.3 Å². The first-order chi connectivity index (χ1) is 29.6. The summed E-state index contributed by atoms with van der Waals surface area (Å²) in [7, 11) is 5.53. The number of likely N-dealkylation sites (N-methyl/N-ethyl adjacent to an activating group) is 1. The van der Waals surface area contributed by atoms with E-state index in [1.54, 1.807) is 0 Å². The molecule has 8 heteroatoms. The molecule has 0 heterocycles. The number of esters is 2. The monoisotopic (exact) mass is 859 g/mol. The number of unbranched alkanes of at least 4 members (excludes halogenated alkanes) is 24. The molecule has 0 amide bonds.